The summed E-state index contributed by atoms with van der Waals surface area (Å²) < 4.78 is 13.0. The fourth-order valence-electron chi connectivity index (χ4n) is 2.60. The molecule has 3 aromatic rings. The van der Waals surface area contributed by atoms with Crippen LogP contribution in [-0.4, -0.2) is 22.4 Å². The average Bonchev–Trinajstić information content (AvgIpc) is 2.68. The van der Waals surface area contributed by atoms with E-state index in [0.717, 1.165) is 12.0 Å². The van der Waals surface area contributed by atoms with Gasteiger partial charge in [0.25, 0.3) is 5.91 Å². The normalized spacial score (nSPS) is 10.4. The number of hydrogen-bond acceptors (Lipinski definition) is 4. The molecule has 0 spiro atoms. The van der Waals surface area contributed by atoms with E-state index in [2.05, 4.69) is 20.6 Å². The summed E-state index contributed by atoms with van der Waals surface area (Å²) in [7, 11) is 0. The van der Waals surface area contributed by atoms with Crippen molar-refractivity contribution in [3.63, 3.8) is 0 Å². The van der Waals surface area contributed by atoms with Gasteiger partial charge in [-0.25, -0.2) is 14.4 Å². The van der Waals surface area contributed by atoms with E-state index in [1.54, 1.807) is 18.2 Å². The Kier molecular flexibility index (Phi) is 6.10. The highest BCUT2D eigenvalue weighted by molar-refractivity contribution is 5.92. The molecular formula is C21H21FN4O. The molecule has 2 N–H and O–H groups in total. The first-order valence-electron chi connectivity index (χ1n) is 8.76. The van der Waals surface area contributed by atoms with Gasteiger partial charge in [0.05, 0.1) is 0 Å². The van der Waals surface area contributed by atoms with E-state index in [9.17, 15) is 9.18 Å². The molecule has 0 saturated carbocycles. The van der Waals surface area contributed by atoms with Crippen LogP contribution < -0.4 is 10.6 Å². The summed E-state index contributed by atoms with van der Waals surface area (Å²) >= 11 is 0. The predicted octanol–water partition coefficient (Wildman–Crippen LogP) is 3.51. The van der Waals surface area contributed by atoms with Crippen LogP contribution >= 0.6 is 0 Å². The largest absolute Gasteiger partial charge is 0.350 e. The number of halogens is 1. The fraction of sp³-hybridized carbons (Fsp3) is 0.190. The highest BCUT2D eigenvalue weighted by atomic mass is 19.1. The second-order valence-corrected chi connectivity index (χ2v) is 6.19. The van der Waals surface area contributed by atoms with E-state index in [4.69, 9.17) is 0 Å². The van der Waals surface area contributed by atoms with Crippen LogP contribution in [-0.2, 0) is 13.0 Å². The minimum absolute atomic E-state index is 0.235. The summed E-state index contributed by atoms with van der Waals surface area (Å²) in [5.41, 5.74) is 3.07. The number of anilines is 1. The Balaban J connectivity index is 1.58. The summed E-state index contributed by atoms with van der Waals surface area (Å²) in [6, 6.07) is 17.8. The van der Waals surface area contributed by atoms with Crippen LogP contribution in [0.15, 0.2) is 60.7 Å². The molecule has 5 nitrogen and oxygen atoms in total. The number of nitrogens with one attached hydrogen (secondary N) is 2. The van der Waals surface area contributed by atoms with Gasteiger partial charge in [-0.15, -0.1) is 0 Å². The molecule has 0 saturated heterocycles. The van der Waals surface area contributed by atoms with E-state index in [-0.39, 0.29) is 11.7 Å². The second kappa shape index (κ2) is 8.89. The Morgan fingerprint density at radius 1 is 1.00 bits per heavy atom. The maximum Gasteiger partial charge on any atom is 0.270 e. The number of hydrogen-bond donors (Lipinski definition) is 2. The van der Waals surface area contributed by atoms with Crippen LogP contribution in [0.4, 0.5) is 10.3 Å². The molecule has 0 bridgehead atoms. The van der Waals surface area contributed by atoms with E-state index < -0.39 is 0 Å². The lowest BCUT2D eigenvalue weighted by molar-refractivity contribution is 0.0949. The number of carbonyl (C=O) groups is 1. The number of benzene rings is 2. The van der Waals surface area contributed by atoms with Crippen molar-refractivity contribution in [1.82, 2.24) is 15.3 Å². The number of amides is 1. The summed E-state index contributed by atoms with van der Waals surface area (Å²) in [6.45, 7) is 2.79. The molecule has 6 heteroatoms. The van der Waals surface area contributed by atoms with Crippen LogP contribution in [0.3, 0.4) is 0 Å². The highest BCUT2D eigenvalue weighted by Gasteiger charge is 2.10. The standard InChI is InChI=1S/C21H21FN4O/c1-15-13-19(20(27)23-12-11-16-5-3-2-4-6-16)26-21(25-15)24-14-17-7-9-18(22)10-8-17/h2-10,13H,11-12,14H2,1H3,(H,23,27)(H,24,25,26). The van der Waals surface area contributed by atoms with Gasteiger partial charge in [0.15, 0.2) is 0 Å². The van der Waals surface area contributed by atoms with Crippen LogP contribution in [0.25, 0.3) is 0 Å². The molecule has 0 radical (unpaired) electrons. The third kappa shape index (κ3) is 5.60. The zero-order chi connectivity index (χ0) is 19.1. The molecule has 2 aromatic carbocycles. The molecule has 0 fully saturated rings. The van der Waals surface area contributed by atoms with Crippen molar-refractivity contribution in [3.8, 4) is 0 Å². The van der Waals surface area contributed by atoms with Gasteiger partial charge in [-0.3, -0.25) is 4.79 Å². The third-order valence-corrected chi connectivity index (χ3v) is 3.99. The lowest BCUT2D eigenvalue weighted by Gasteiger charge is -2.09. The van der Waals surface area contributed by atoms with Gasteiger partial charge >= 0.3 is 0 Å². The van der Waals surface area contributed by atoms with Crippen LogP contribution in [0, 0.1) is 12.7 Å². The SMILES string of the molecule is Cc1cc(C(=O)NCCc2ccccc2)nc(NCc2ccc(F)cc2)n1. The summed E-state index contributed by atoms with van der Waals surface area (Å²) in [5.74, 6) is -0.145. The van der Waals surface area contributed by atoms with Crippen molar-refractivity contribution in [2.75, 3.05) is 11.9 Å². The van der Waals surface area contributed by atoms with Crippen LogP contribution in [0.2, 0.25) is 0 Å². The van der Waals surface area contributed by atoms with Crippen LogP contribution in [0.5, 0.6) is 0 Å². The Morgan fingerprint density at radius 2 is 1.74 bits per heavy atom. The van der Waals surface area contributed by atoms with Crippen molar-refractivity contribution in [2.24, 2.45) is 0 Å². The average molecular weight is 364 g/mol. The highest BCUT2D eigenvalue weighted by Crippen LogP contribution is 2.09. The Labute approximate surface area is 157 Å². The maximum atomic E-state index is 13.0. The first-order valence-corrected chi connectivity index (χ1v) is 8.76. The van der Waals surface area contributed by atoms with Crippen LogP contribution in [0.1, 0.15) is 27.3 Å². The molecule has 0 unspecified atom stereocenters. The first-order chi connectivity index (χ1) is 13.1. The Bertz CT molecular complexity index is 898. The Hall–Kier alpha value is -3.28. The van der Waals surface area contributed by atoms with Gasteiger partial charge < -0.3 is 10.6 Å². The molecule has 0 aliphatic heterocycles. The number of aryl methyl sites for hydroxylation is 1. The van der Waals surface area contributed by atoms with Gasteiger partial charge in [0.1, 0.15) is 11.5 Å². The van der Waals surface area contributed by atoms with Crippen molar-refractivity contribution in [3.05, 3.63) is 89.0 Å². The fourth-order valence-corrected chi connectivity index (χ4v) is 2.60. The number of aromatic nitrogens is 2. The summed E-state index contributed by atoms with van der Waals surface area (Å²) in [6.07, 6.45) is 0.756. The molecule has 3 rings (SSSR count). The molecule has 27 heavy (non-hydrogen) atoms. The van der Waals surface area contributed by atoms with Gasteiger partial charge in [0.2, 0.25) is 5.95 Å². The third-order valence-electron chi connectivity index (χ3n) is 3.99. The second-order valence-electron chi connectivity index (χ2n) is 6.19. The summed E-state index contributed by atoms with van der Waals surface area (Å²) in [5, 5.41) is 5.96. The molecule has 1 heterocycles. The minimum Gasteiger partial charge on any atom is -0.350 e. The van der Waals surface area contributed by atoms with Gasteiger partial charge in [-0.1, -0.05) is 42.5 Å². The molecule has 1 amide bonds. The van der Waals surface area contributed by atoms with E-state index in [1.165, 1.54) is 17.7 Å². The van der Waals surface area contributed by atoms with E-state index in [1.807, 2.05) is 37.3 Å². The van der Waals surface area contributed by atoms with Gasteiger partial charge in [-0.2, -0.15) is 0 Å². The molecule has 138 valence electrons. The van der Waals surface area contributed by atoms with Crippen molar-refractivity contribution in [2.45, 2.75) is 19.9 Å². The zero-order valence-electron chi connectivity index (χ0n) is 15.1. The van der Waals surface area contributed by atoms with E-state index in [0.29, 0.717) is 30.4 Å². The summed E-state index contributed by atoms with van der Waals surface area (Å²) in [4.78, 5) is 21.0. The monoisotopic (exact) mass is 364 g/mol. The molecule has 0 atom stereocenters. The molecule has 0 aliphatic rings. The number of rotatable bonds is 7. The Morgan fingerprint density at radius 3 is 2.48 bits per heavy atom. The van der Waals surface area contributed by atoms with Crippen molar-refractivity contribution >= 4 is 11.9 Å². The predicted molar refractivity (Wildman–Crippen MR) is 103 cm³/mol. The number of carbonyl (C=O) groups excluding carboxylic acids is 1. The van der Waals surface area contributed by atoms with Gasteiger partial charge in [-0.05, 0) is 42.7 Å². The molecule has 0 aliphatic carbocycles. The van der Waals surface area contributed by atoms with Crippen molar-refractivity contribution < 1.29 is 9.18 Å². The first kappa shape index (κ1) is 18.5. The number of nitrogens with zero attached hydrogens (tertiary/aromatic N) is 2. The maximum absolute atomic E-state index is 13.0. The molecule has 1 aromatic heterocycles. The van der Waals surface area contributed by atoms with E-state index >= 15 is 0 Å². The molecular weight excluding hydrogens is 343 g/mol. The topological polar surface area (TPSA) is 66.9 Å². The lowest BCUT2D eigenvalue weighted by atomic mass is 10.1. The smallest absolute Gasteiger partial charge is 0.270 e. The minimum atomic E-state index is -0.278. The van der Waals surface area contributed by atoms with Gasteiger partial charge in [0, 0.05) is 18.8 Å². The lowest BCUT2D eigenvalue weighted by Crippen LogP contribution is -2.27. The van der Waals surface area contributed by atoms with Crippen molar-refractivity contribution in [1.29, 1.82) is 0 Å². The zero-order valence-corrected chi connectivity index (χ0v) is 15.1. The quantitative estimate of drug-likeness (QED) is 0.673.